The molecule has 344 valence electrons. The number of carbonyl (C=O) groups excluding carboxylic acids is 5. The monoisotopic (exact) mass is 893 g/mol. The molecule has 4 fully saturated rings. The normalized spacial score (nSPS) is 34.0. The highest BCUT2D eigenvalue weighted by molar-refractivity contribution is 5.95. The Morgan fingerprint density at radius 2 is 1.45 bits per heavy atom. The van der Waals surface area contributed by atoms with E-state index >= 15 is 0 Å². The number of aliphatic hydroxyl groups is 2. The number of hydrogen-bond acceptors (Lipinski definition) is 14. The maximum absolute atomic E-state index is 14.5. The summed E-state index contributed by atoms with van der Waals surface area (Å²) < 4.78 is 45.0. The number of carbonyl (C=O) groups is 5. The molecule has 13 atom stereocenters. The van der Waals surface area contributed by atoms with Gasteiger partial charge in [0.1, 0.15) is 30.0 Å². The lowest BCUT2D eigenvalue weighted by Crippen LogP contribution is -2.83. The standard InChI is InChI=1S/C50H55NO14/c1-8-36-62-34-24-35-49(26-59-35,65-29(4)53)41-43(64-45(56)32-22-16-11-17-23-32)50(58)25-33(27(2)37(47(50,5)6)40(60-28(3)52)42(63-36)48(34,41)7)61-46(57)39(54)38(30-18-12-9-13-19-30)51-44(55)31-20-14-10-15-21-31/h8-23,33-36,38-43,54,58H,1,24-26H2,2-7H3,(H,51,55)/t33-,34?,35?,36?,38-,39+,40-,41?,42-,43?,48?,49-,50?/m0/s1. The predicted molar refractivity (Wildman–Crippen MR) is 230 cm³/mol. The first-order chi connectivity index (χ1) is 30.9. The van der Waals surface area contributed by atoms with E-state index in [0.29, 0.717) is 16.7 Å². The van der Waals surface area contributed by atoms with Crippen LogP contribution in [0.15, 0.2) is 115 Å². The number of rotatable bonds is 11. The largest absolute Gasteiger partial charge is 0.456 e. The fraction of sp³-hybridized carbons (Fsp3) is 0.460. The van der Waals surface area contributed by atoms with E-state index in [9.17, 15) is 34.2 Å². The molecule has 3 N–H and O–H groups in total. The summed E-state index contributed by atoms with van der Waals surface area (Å²) in [6.45, 7) is 13.2. The average molecular weight is 894 g/mol. The van der Waals surface area contributed by atoms with Crippen molar-refractivity contribution < 1.29 is 67.3 Å². The van der Waals surface area contributed by atoms with Gasteiger partial charge in [-0.1, -0.05) is 94.1 Å². The third kappa shape index (κ3) is 7.66. The summed E-state index contributed by atoms with van der Waals surface area (Å²) in [6, 6.07) is 23.6. The highest BCUT2D eigenvalue weighted by atomic mass is 16.7. The molecule has 2 heterocycles. The van der Waals surface area contributed by atoms with Gasteiger partial charge < -0.3 is 48.7 Å². The third-order valence-electron chi connectivity index (χ3n) is 14.4. The van der Waals surface area contributed by atoms with Crippen molar-refractivity contribution in [2.45, 2.75) is 121 Å². The maximum Gasteiger partial charge on any atom is 0.338 e. The van der Waals surface area contributed by atoms with Gasteiger partial charge in [-0.15, -0.1) is 0 Å². The van der Waals surface area contributed by atoms with Crippen LogP contribution in [-0.4, -0.2) is 107 Å². The molecule has 2 bridgehead atoms. The molecule has 1 amide bonds. The Labute approximate surface area is 377 Å². The first-order valence-corrected chi connectivity index (χ1v) is 21.8. The van der Waals surface area contributed by atoms with Crippen LogP contribution in [0.1, 0.15) is 86.7 Å². The Bertz CT molecular complexity index is 2370. The molecular formula is C50H55NO14. The zero-order chi connectivity index (χ0) is 46.6. The number of hydrogen-bond donors (Lipinski definition) is 3. The topological polar surface area (TPSA) is 202 Å². The number of aliphatic hydroxyl groups excluding tert-OH is 1. The molecule has 0 aromatic heterocycles. The van der Waals surface area contributed by atoms with E-state index in [-0.39, 0.29) is 24.2 Å². The Kier molecular flexibility index (Phi) is 12.2. The zero-order valence-corrected chi connectivity index (χ0v) is 37.1. The summed E-state index contributed by atoms with van der Waals surface area (Å²) in [6.07, 6.45) is -8.88. The van der Waals surface area contributed by atoms with Gasteiger partial charge in [0.2, 0.25) is 0 Å². The van der Waals surface area contributed by atoms with Crippen LogP contribution in [0, 0.1) is 16.7 Å². The lowest BCUT2D eigenvalue weighted by molar-refractivity contribution is -0.405. The molecule has 3 aromatic carbocycles. The minimum atomic E-state index is -2.25. The first-order valence-electron chi connectivity index (χ1n) is 21.8. The summed E-state index contributed by atoms with van der Waals surface area (Å²) in [7, 11) is 0. The Morgan fingerprint density at radius 3 is 2.02 bits per heavy atom. The molecule has 2 saturated carbocycles. The van der Waals surface area contributed by atoms with Gasteiger partial charge in [0, 0.05) is 43.1 Å². The van der Waals surface area contributed by atoms with Gasteiger partial charge in [0.15, 0.2) is 24.1 Å². The fourth-order valence-corrected chi connectivity index (χ4v) is 11.2. The van der Waals surface area contributed by atoms with Crippen molar-refractivity contribution in [3.63, 3.8) is 0 Å². The lowest BCUT2D eigenvalue weighted by atomic mass is 9.44. The number of amides is 1. The minimum absolute atomic E-state index is 0.155. The van der Waals surface area contributed by atoms with Crippen molar-refractivity contribution in [1.82, 2.24) is 5.32 Å². The molecule has 3 aliphatic carbocycles. The number of ether oxygens (including phenoxy) is 7. The van der Waals surface area contributed by atoms with Gasteiger partial charge in [-0.2, -0.15) is 0 Å². The summed E-state index contributed by atoms with van der Waals surface area (Å²) in [5.41, 5.74) is -5.17. The molecule has 65 heavy (non-hydrogen) atoms. The Hall–Kier alpha value is -5.71. The molecule has 15 heteroatoms. The highest BCUT2D eigenvalue weighted by Gasteiger charge is 2.79. The highest BCUT2D eigenvalue weighted by Crippen LogP contribution is 2.67. The second kappa shape index (κ2) is 17.3. The molecule has 0 radical (unpaired) electrons. The average Bonchev–Trinajstić information content (AvgIpc) is 3.27. The summed E-state index contributed by atoms with van der Waals surface area (Å²) >= 11 is 0. The summed E-state index contributed by atoms with van der Waals surface area (Å²) in [4.78, 5) is 69.2. The second-order valence-electron chi connectivity index (χ2n) is 18.4. The molecular weight excluding hydrogens is 839 g/mol. The van der Waals surface area contributed by atoms with Crippen molar-refractivity contribution in [2.75, 3.05) is 6.61 Å². The fourth-order valence-electron chi connectivity index (χ4n) is 11.2. The quantitative estimate of drug-likeness (QED) is 0.130. The smallest absolute Gasteiger partial charge is 0.338 e. The van der Waals surface area contributed by atoms with E-state index in [1.165, 1.54) is 19.9 Å². The van der Waals surface area contributed by atoms with Gasteiger partial charge in [0.25, 0.3) is 5.91 Å². The van der Waals surface area contributed by atoms with Crippen molar-refractivity contribution in [2.24, 2.45) is 16.7 Å². The van der Waals surface area contributed by atoms with E-state index in [2.05, 4.69) is 11.9 Å². The van der Waals surface area contributed by atoms with Gasteiger partial charge in [0.05, 0.1) is 30.2 Å². The summed E-state index contributed by atoms with van der Waals surface area (Å²) in [5, 5.41) is 28.7. The van der Waals surface area contributed by atoms with Crippen molar-refractivity contribution in [3.05, 3.63) is 131 Å². The molecule has 7 unspecified atom stereocenters. The minimum Gasteiger partial charge on any atom is -0.456 e. The van der Waals surface area contributed by atoms with Crippen LogP contribution in [0.5, 0.6) is 0 Å². The SMILES string of the molecule is C=CC1OC2CC3OC[C@@]3(OC(C)=O)C3C(OC(=O)c4ccccc4)C4(O)C[C@H](OC(=O)[C@H](O)[C@@H](NC(=O)c5ccccc5)c5ccccc5)C(C)=C([C@H](OC(C)=O)[C@H](O1)C23C)C4(C)C. The summed E-state index contributed by atoms with van der Waals surface area (Å²) in [5.74, 6) is -5.08. The number of fused-ring (bicyclic) bond motifs is 4. The van der Waals surface area contributed by atoms with Crippen LogP contribution in [0.3, 0.4) is 0 Å². The molecule has 15 nitrogen and oxygen atoms in total. The predicted octanol–water partition coefficient (Wildman–Crippen LogP) is 5.10. The van der Waals surface area contributed by atoms with E-state index in [1.807, 2.05) is 6.92 Å². The van der Waals surface area contributed by atoms with E-state index in [0.717, 1.165) is 0 Å². The van der Waals surface area contributed by atoms with E-state index in [4.69, 9.17) is 33.2 Å². The van der Waals surface area contributed by atoms with Crippen LogP contribution in [0.4, 0.5) is 0 Å². The van der Waals surface area contributed by atoms with Crippen LogP contribution in [0.2, 0.25) is 0 Å². The molecule has 8 rings (SSSR count). The van der Waals surface area contributed by atoms with E-state index in [1.54, 1.807) is 112 Å². The lowest BCUT2D eigenvalue weighted by Gasteiger charge is -2.71. The number of benzene rings is 3. The van der Waals surface area contributed by atoms with Crippen LogP contribution >= 0.6 is 0 Å². The number of nitrogens with one attached hydrogen (secondary N) is 1. The maximum atomic E-state index is 14.5. The van der Waals surface area contributed by atoms with Crippen LogP contribution in [-0.2, 0) is 47.5 Å². The van der Waals surface area contributed by atoms with Crippen molar-refractivity contribution in [1.29, 1.82) is 0 Å². The van der Waals surface area contributed by atoms with Gasteiger partial charge in [-0.3, -0.25) is 14.4 Å². The van der Waals surface area contributed by atoms with Crippen LogP contribution < -0.4 is 5.32 Å². The van der Waals surface area contributed by atoms with Gasteiger partial charge >= 0.3 is 23.9 Å². The van der Waals surface area contributed by atoms with Crippen LogP contribution in [0.25, 0.3) is 0 Å². The molecule has 3 aromatic rings. The van der Waals surface area contributed by atoms with Crippen molar-refractivity contribution >= 4 is 29.8 Å². The first kappa shape index (κ1) is 45.8. The molecule has 5 aliphatic rings. The second-order valence-corrected chi connectivity index (χ2v) is 18.4. The molecule has 2 aliphatic heterocycles. The molecule has 2 saturated heterocycles. The van der Waals surface area contributed by atoms with Gasteiger partial charge in [-0.05, 0) is 54.0 Å². The Balaban J connectivity index is 1.30. The Morgan fingerprint density at radius 1 is 0.831 bits per heavy atom. The zero-order valence-electron chi connectivity index (χ0n) is 37.1. The third-order valence-corrected chi connectivity index (χ3v) is 14.4. The number of esters is 4. The van der Waals surface area contributed by atoms with E-state index < -0.39 is 119 Å². The van der Waals surface area contributed by atoms with Gasteiger partial charge in [-0.25, -0.2) is 9.59 Å². The van der Waals surface area contributed by atoms with Crippen molar-refractivity contribution in [3.8, 4) is 0 Å². The molecule has 0 spiro atoms.